The second-order valence-corrected chi connectivity index (χ2v) is 6.56. The molecule has 3 heteroatoms. The molecule has 0 atom stereocenters. The van der Waals surface area contributed by atoms with Gasteiger partial charge in [0.05, 0.1) is 10.5 Å². The van der Waals surface area contributed by atoms with Gasteiger partial charge in [-0.05, 0) is 66.8 Å². The van der Waals surface area contributed by atoms with E-state index in [0.29, 0.717) is 0 Å². The minimum absolute atomic E-state index is 0.876. The topological polar surface area (TPSA) is 9.23 Å². The molecule has 0 N–H and O–H groups in total. The second kappa shape index (κ2) is 6.21. The Kier molecular flexibility index (Phi) is 4.61. The Labute approximate surface area is 124 Å². The Bertz CT molecular complexity index is 538. The number of hydrogen-bond donors (Lipinski definition) is 0. The largest absolute Gasteiger partial charge is 0.497 e. The zero-order chi connectivity index (χ0) is 13.0. The van der Waals surface area contributed by atoms with Gasteiger partial charge in [-0.1, -0.05) is 36.4 Å². The van der Waals surface area contributed by atoms with Crippen LogP contribution in [0.2, 0.25) is 0 Å². The third-order valence-corrected chi connectivity index (χ3v) is 3.07. The summed E-state index contributed by atoms with van der Waals surface area (Å²) in [5.74, 6) is 0.876. The van der Waals surface area contributed by atoms with Crippen molar-refractivity contribution >= 4 is 37.9 Å². The maximum atomic E-state index is 5.15. The van der Waals surface area contributed by atoms with Gasteiger partial charge in [-0.3, -0.25) is 0 Å². The minimum Gasteiger partial charge on any atom is -0.497 e. The Balaban J connectivity index is 2.25. The highest BCUT2D eigenvalue weighted by Gasteiger charge is 1.98. The monoisotopic (exact) mass is 366 g/mol. The van der Waals surface area contributed by atoms with Gasteiger partial charge in [0, 0.05) is 0 Å². The molecule has 0 amide bonds. The Hall–Kier alpha value is -1.06. The summed E-state index contributed by atoms with van der Waals surface area (Å²) in [6.45, 7) is 0. The summed E-state index contributed by atoms with van der Waals surface area (Å²) < 4.78 is 6.09. The summed E-state index contributed by atoms with van der Waals surface area (Å²) in [7, 11) is 1.67. The average Bonchev–Trinajstić information content (AvgIpc) is 2.39. The van der Waals surface area contributed by atoms with Gasteiger partial charge in [-0.25, -0.2) is 0 Å². The smallest absolute Gasteiger partial charge is 0.118 e. The van der Waals surface area contributed by atoms with Gasteiger partial charge in [0.2, 0.25) is 0 Å². The molecule has 2 aromatic carbocycles. The molecule has 2 rings (SSSR count). The molecule has 18 heavy (non-hydrogen) atoms. The van der Waals surface area contributed by atoms with Crippen molar-refractivity contribution in [3.05, 3.63) is 57.5 Å². The summed E-state index contributed by atoms with van der Waals surface area (Å²) in [5, 5.41) is 0. The Morgan fingerprint density at radius 1 is 0.889 bits per heavy atom. The van der Waals surface area contributed by atoms with Crippen LogP contribution >= 0.6 is 31.9 Å². The van der Waals surface area contributed by atoms with E-state index in [4.69, 9.17) is 4.74 Å². The number of hydrogen-bond acceptors (Lipinski definition) is 1. The lowest BCUT2D eigenvalue weighted by Gasteiger charge is -2.04. The molecule has 0 fully saturated rings. The lowest BCUT2D eigenvalue weighted by Crippen LogP contribution is -1.83. The van der Waals surface area contributed by atoms with Gasteiger partial charge >= 0.3 is 0 Å². The van der Waals surface area contributed by atoms with Crippen LogP contribution in [0, 0.1) is 0 Å². The first kappa shape index (κ1) is 13.4. The first-order chi connectivity index (χ1) is 8.69. The molecule has 0 saturated carbocycles. The highest BCUT2D eigenvalue weighted by atomic mass is 79.9. The van der Waals surface area contributed by atoms with Crippen molar-refractivity contribution in [2.45, 2.75) is 0 Å². The fraction of sp³-hybridized carbons (Fsp3) is 0.0667. The van der Waals surface area contributed by atoms with Crippen LogP contribution in [-0.4, -0.2) is 7.11 Å². The molecular formula is C15H12Br2O. The van der Waals surface area contributed by atoms with E-state index in [0.717, 1.165) is 14.7 Å². The van der Waals surface area contributed by atoms with Crippen molar-refractivity contribution in [1.82, 2.24) is 0 Å². The second-order valence-electron chi connectivity index (χ2n) is 3.78. The Morgan fingerprint density at radius 3 is 1.83 bits per heavy atom. The van der Waals surface area contributed by atoms with Crippen LogP contribution in [0.3, 0.4) is 0 Å². The molecule has 1 nitrogen and oxygen atoms in total. The summed E-state index contributed by atoms with van der Waals surface area (Å²) in [4.78, 5) is 0. The predicted molar refractivity (Wildman–Crippen MR) is 84.3 cm³/mol. The van der Waals surface area contributed by atoms with Crippen LogP contribution < -0.4 is 4.74 Å². The lowest BCUT2D eigenvalue weighted by molar-refractivity contribution is 0.415. The molecule has 0 saturated heterocycles. The zero-order valence-corrected chi connectivity index (χ0v) is 13.0. The SMILES string of the molecule is COc1ccc(-c2ccc(C=C(Br)Br)cc2)cc1. The van der Waals surface area contributed by atoms with Gasteiger partial charge in [0.15, 0.2) is 0 Å². The van der Waals surface area contributed by atoms with E-state index >= 15 is 0 Å². The fourth-order valence-electron chi connectivity index (χ4n) is 1.68. The van der Waals surface area contributed by atoms with Crippen molar-refractivity contribution in [1.29, 1.82) is 0 Å². The normalized spacial score (nSPS) is 9.94. The van der Waals surface area contributed by atoms with Crippen LogP contribution in [0.5, 0.6) is 5.75 Å². The standard InChI is InChI=1S/C15H12Br2O/c1-18-14-8-6-13(7-9-14)12-4-2-11(3-5-12)10-15(16)17/h2-10H,1H3. The number of benzene rings is 2. The van der Waals surface area contributed by atoms with Gasteiger partial charge in [0.1, 0.15) is 5.75 Å². The van der Waals surface area contributed by atoms with Crippen molar-refractivity contribution in [3.63, 3.8) is 0 Å². The van der Waals surface area contributed by atoms with E-state index in [1.807, 2.05) is 18.2 Å². The number of rotatable bonds is 3. The lowest BCUT2D eigenvalue weighted by atomic mass is 10.0. The van der Waals surface area contributed by atoms with Gasteiger partial charge < -0.3 is 4.74 Å². The van der Waals surface area contributed by atoms with Gasteiger partial charge in [-0.2, -0.15) is 0 Å². The molecule has 0 spiro atoms. The Morgan fingerprint density at radius 2 is 1.39 bits per heavy atom. The summed E-state index contributed by atoms with van der Waals surface area (Å²) in [5.41, 5.74) is 3.53. The van der Waals surface area contributed by atoms with E-state index in [1.54, 1.807) is 7.11 Å². The maximum absolute atomic E-state index is 5.15. The van der Waals surface area contributed by atoms with Crippen molar-refractivity contribution in [2.24, 2.45) is 0 Å². The van der Waals surface area contributed by atoms with Gasteiger partial charge in [0.25, 0.3) is 0 Å². The van der Waals surface area contributed by atoms with Gasteiger partial charge in [-0.15, -0.1) is 0 Å². The first-order valence-corrected chi connectivity index (χ1v) is 7.05. The molecule has 2 aromatic rings. The molecule has 0 heterocycles. The van der Waals surface area contributed by atoms with Crippen LogP contribution in [-0.2, 0) is 0 Å². The molecule has 0 aliphatic heterocycles. The molecule has 0 radical (unpaired) electrons. The van der Waals surface area contributed by atoms with Crippen molar-refractivity contribution < 1.29 is 4.74 Å². The third-order valence-electron chi connectivity index (χ3n) is 2.61. The average molecular weight is 368 g/mol. The van der Waals surface area contributed by atoms with Crippen LogP contribution in [0.15, 0.2) is 51.9 Å². The molecular weight excluding hydrogens is 356 g/mol. The molecule has 0 aliphatic carbocycles. The van der Waals surface area contributed by atoms with E-state index in [-0.39, 0.29) is 0 Å². The molecule has 0 unspecified atom stereocenters. The number of halogens is 2. The van der Waals surface area contributed by atoms with Crippen molar-refractivity contribution in [3.8, 4) is 16.9 Å². The van der Waals surface area contributed by atoms with E-state index in [9.17, 15) is 0 Å². The summed E-state index contributed by atoms with van der Waals surface area (Å²) >= 11 is 6.71. The first-order valence-electron chi connectivity index (χ1n) is 5.46. The molecule has 92 valence electrons. The molecule has 0 aliphatic rings. The fourth-order valence-corrected chi connectivity index (χ4v) is 2.21. The van der Waals surface area contributed by atoms with Crippen LogP contribution in [0.4, 0.5) is 0 Å². The molecule has 0 aromatic heterocycles. The molecule has 0 bridgehead atoms. The third kappa shape index (κ3) is 3.47. The number of ether oxygens (including phenoxy) is 1. The highest BCUT2D eigenvalue weighted by Crippen LogP contribution is 2.24. The quantitative estimate of drug-likeness (QED) is 0.700. The van der Waals surface area contributed by atoms with Crippen molar-refractivity contribution in [2.75, 3.05) is 7.11 Å². The zero-order valence-electron chi connectivity index (χ0n) is 9.86. The van der Waals surface area contributed by atoms with E-state index in [1.165, 1.54) is 11.1 Å². The van der Waals surface area contributed by atoms with Crippen LogP contribution in [0.25, 0.3) is 17.2 Å². The van der Waals surface area contributed by atoms with E-state index in [2.05, 4.69) is 68.3 Å². The maximum Gasteiger partial charge on any atom is 0.118 e. The summed E-state index contributed by atoms with van der Waals surface area (Å²) in [6, 6.07) is 16.4. The predicted octanol–water partition coefficient (Wildman–Crippen LogP) is 5.45. The minimum atomic E-state index is 0.876. The number of methoxy groups -OCH3 is 1. The summed E-state index contributed by atoms with van der Waals surface area (Å²) in [6.07, 6.45) is 2.01. The van der Waals surface area contributed by atoms with E-state index < -0.39 is 0 Å². The highest BCUT2D eigenvalue weighted by molar-refractivity contribution is 9.28. The van der Waals surface area contributed by atoms with Crippen LogP contribution in [0.1, 0.15) is 5.56 Å².